The summed E-state index contributed by atoms with van der Waals surface area (Å²) in [6, 6.07) is 18.6. The fourth-order valence-corrected chi connectivity index (χ4v) is 2.86. The standard InChI is InChI=1S/C21H13NO5/c23-15-9-7-14(8-10-15)22-19(24)17-11-6-13(12-18(17)20(22)25)21(26)27-16-4-2-1-3-5-16/h1-12,23H. The third-order valence-electron chi connectivity index (χ3n) is 4.18. The summed E-state index contributed by atoms with van der Waals surface area (Å²) in [7, 11) is 0. The van der Waals surface area contributed by atoms with Gasteiger partial charge >= 0.3 is 5.97 Å². The van der Waals surface area contributed by atoms with E-state index in [4.69, 9.17) is 4.74 Å². The Bertz CT molecular complexity index is 1060. The molecule has 0 bridgehead atoms. The molecule has 6 nitrogen and oxygen atoms in total. The van der Waals surface area contributed by atoms with E-state index in [1.54, 1.807) is 30.3 Å². The lowest BCUT2D eigenvalue weighted by atomic mass is 10.1. The quantitative estimate of drug-likeness (QED) is 0.440. The van der Waals surface area contributed by atoms with E-state index in [0.29, 0.717) is 11.4 Å². The summed E-state index contributed by atoms with van der Waals surface area (Å²) in [6.45, 7) is 0. The molecule has 1 aliphatic rings. The molecule has 2 amide bonds. The monoisotopic (exact) mass is 359 g/mol. The maximum absolute atomic E-state index is 12.7. The van der Waals surface area contributed by atoms with Gasteiger partial charge in [0.15, 0.2) is 0 Å². The number of amides is 2. The number of carbonyl (C=O) groups excluding carboxylic acids is 3. The number of nitrogens with zero attached hydrogens (tertiary/aromatic N) is 1. The van der Waals surface area contributed by atoms with Gasteiger partial charge in [-0.2, -0.15) is 0 Å². The normalized spacial score (nSPS) is 12.8. The molecule has 3 aromatic carbocycles. The molecule has 132 valence electrons. The Morgan fingerprint density at radius 1 is 0.815 bits per heavy atom. The first-order valence-electron chi connectivity index (χ1n) is 8.14. The summed E-state index contributed by atoms with van der Waals surface area (Å²) in [4.78, 5) is 38.6. The maximum atomic E-state index is 12.7. The number of carbonyl (C=O) groups is 3. The van der Waals surface area contributed by atoms with E-state index in [2.05, 4.69) is 0 Å². The van der Waals surface area contributed by atoms with Gasteiger partial charge in [0.1, 0.15) is 11.5 Å². The lowest BCUT2D eigenvalue weighted by Crippen LogP contribution is -2.29. The predicted octanol–water partition coefficient (Wildman–Crippen LogP) is 3.41. The average molecular weight is 359 g/mol. The van der Waals surface area contributed by atoms with E-state index >= 15 is 0 Å². The highest BCUT2D eigenvalue weighted by atomic mass is 16.5. The zero-order chi connectivity index (χ0) is 19.0. The lowest BCUT2D eigenvalue weighted by molar-refractivity contribution is 0.0734. The van der Waals surface area contributed by atoms with Crippen LogP contribution in [0.15, 0.2) is 72.8 Å². The fourth-order valence-electron chi connectivity index (χ4n) is 2.86. The number of rotatable bonds is 3. The minimum Gasteiger partial charge on any atom is -0.508 e. The molecule has 0 fully saturated rings. The van der Waals surface area contributed by atoms with Crippen molar-refractivity contribution in [2.24, 2.45) is 0 Å². The molecule has 3 aromatic rings. The number of ether oxygens (including phenoxy) is 1. The zero-order valence-corrected chi connectivity index (χ0v) is 14.0. The molecular formula is C21H13NO5. The molecule has 0 atom stereocenters. The van der Waals surface area contributed by atoms with Gasteiger partial charge in [0.25, 0.3) is 11.8 Å². The van der Waals surface area contributed by atoms with Gasteiger partial charge in [-0.05, 0) is 54.6 Å². The van der Waals surface area contributed by atoms with E-state index in [0.717, 1.165) is 4.90 Å². The van der Waals surface area contributed by atoms with Crippen LogP contribution in [0.1, 0.15) is 31.1 Å². The number of para-hydroxylation sites is 1. The first kappa shape index (κ1) is 16.5. The van der Waals surface area contributed by atoms with Crippen molar-refractivity contribution in [1.29, 1.82) is 0 Å². The molecule has 1 aliphatic heterocycles. The summed E-state index contributed by atoms with van der Waals surface area (Å²) in [5.41, 5.74) is 0.860. The van der Waals surface area contributed by atoms with Crippen LogP contribution in [0.5, 0.6) is 11.5 Å². The molecule has 4 rings (SSSR count). The molecular weight excluding hydrogens is 346 g/mol. The van der Waals surface area contributed by atoms with Gasteiger partial charge in [0, 0.05) is 0 Å². The summed E-state index contributed by atoms with van der Waals surface area (Å²) in [6.07, 6.45) is 0. The summed E-state index contributed by atoms with van der Waals surface area (Å²) in [5.74, 6) is -1.22. The van der Waals surface area contributed by atoms with Crippen molar-refractivity contribution < 1.29 is 24.2 Å². The fraction of sp³-hybridized carbons (Fsp3) is 0. The number of hydrogen-bond donors (Lipinski definition) is 1. The molecule has 0 spiro atoms. The first-order chi connectivity index (χ1) is 13.0. The number of fused-ring (bicyclic) bond motifs is 1. The number of imide groups is 1. The average Bonchev–Trinajstić information content (AvgIpc) is 2.93. The van der Waals surface area contributed by atoms with Crippen LogP contribution in [0.2, 0.25) is 0 Å². The van der Waals surface area contributed by atoms with E-state index in [9.17, 15) is 19.5 Å². The highest BCUT2D eigenvalue weighted by molar-refractivity contribution is 6.34. The van der Waals surface area contributed by atoms with Crippen molar-refractivity contribution in [1.82, 2.24) is 0 Å². The number of phenols is 1. The Balaban J connectivity index is 1.64. The van der Waals surface area contributed by atoms with Crippen molar-refractivity contribution in [2.45, 2.75) is 0 Å². The highest BCUT2D eigenvalue weighted by Gasteiger charge is 2.37. The van der Waals surface area contributed by atoms with Gasteiger partial charge in [-0.15, -0.1) is 0 Å². The van der Waals surface area contributed by atoms with Crippen LogP contribution in [0.4, 0.5) is 5.69 Å². The molecule has 27 heavy (non-hydrogen) atoms. The minimum atomic E-state index is -0.618. The summed E-state index contributed by atoms with van der Waals surface area (Å²) < 4.78 is 5.27. The molecule has 0 aromatic heterocycles. The molecule has 0 saturated heterocycles. The van der Waals surface area contributed by atoms with Gasteiger partial charge < -0.3 is 9.84 Å². The largest absolute Gasteiger partial charge is 0.508 e. The zero-order valence-electron chi connectivity index (χ0n) is 14.0. The van der Waals surface area contributed by atoms with E-state index in [1.165, 1.54) is 42.5 Å². The van der Waals surface area contributed by atoms with Gasteiger partial charge in [-0.1, -0.05) is 18.2 Å². The van der Waals surface area contributed by atoms with E-state index in [-0.39, 0.29) is 22.4 Å². The second-order valence-corrected chi connectivity index (χ2v) is 5.93. The molecule has 0 unspecified atom stereocenters. The van der Waals surface area contributed by atoms with Gasteiger partial charge in [0.05, 0.1) is 22.4 Å². The van der Waals surface area contributed by atoms with Crippen LogP contribution in [0.25, 0.3) is 0 Å². The Morgan fingerprint density at radius 2 is 1.48 bits per heavy atom. The number of phenolic OH excluding ortho intramolecular Hbond substituents is 1. The molecule has 0 saturated carbocycles. The SMILES string of the molecule is O=C(Oc1ccccc1)c1ccc2c(c1)C(=O)N(c1ccc(O)cc1)C2=O. The van der Waals surface area contributed by atoms with Crippen molar-refractivity contribution in [3.63, 3.8) is 0 Å². The van der Waals surface area contributed by atoms with E-state index in [1.807, 2.05) is 0 Å². The Morgan fingerprint density at radius 3 is 2.19 bits per heavy atom. The number of anilines is 1. The number of benzene rings is 3. The van der Waals surface area contributed by atoms with Crippen LogP contribution in [-0.4, -0.2) is 22.9 Å². The Hall–Kier alpha value is -3.93. The molecule has 1 heterocycles. The molecule has 0 radical (unpaired) electrons. The summed E-state index contributed by atoms with van der Waals surface area (Å²) >= 11 is 0. The lowest BCUT2D eigenvalue weighted by Gasteiger charge is -2.13. The molecule has 0 aliphatic carbocycles. The van der Waals surface area contributed by atoms with Crippen LogP contribution in [0.3, 0.4) is 0 Å². The Kier molecular flexibility index (Phi) is 3.93. The first-order valence-corrected chi connectivity index (χ1v) is 8.14. The van der Waals surface area contributed by atoms with Crippen LogP contribution in [0, 0.1) is 0 Å². The van der Waals surface area contributed by atoms with Crippen molar-refractivity contribution in [3.05, 3.63) is 89.5 Å². The third kappa shape index (κ3) is 2.93. The maximum Gasteiger partial charge on any atom is 0.343 e. The van der Waals surface area contributed by atoms with Crippen LogP contribution in [-0.2, 0) is 0 Å². The second-order valence-electron chi connectivity index (χ2n) is 5.93. The molecule has 1 N–H and O–H groups in total. The number of hydrogen-bond acceptors (Lipinski definition) is 5. The summed E-state index contributed by atoms with van der Waals surface area (Å²) in [5, 5.41) is 9.38. The predicted molar refractivity (Wildman–Crippen MR) is 97.1 cm³/mol. The third-order valence-corrected chi connectivity index (χ3v) is 4.18. The van der Waals surface area contributed by atoms with Gasteiger partial charge in [0.2, 0.25) is 0 Å². The van der Waals surface area contributed by atoms with Crippen molar-refractivity contribution >= 4 is 23.5 Å². The van der Waals surface area contributed by atoms with Crippen molar-refractivity contribution in [2.75, 3.05) is 4.90 Å². The van der Waals surface area contributed by atoms with Crippen molar-refractivity contribution in [3.8, 4) is 11.5 Å². The van der Waals surface area contributed by atoms with Gasteiger partial charge in [-0.3, -0.25) is 9.59 Å². The highest BCUT2D eigenvalue weighted by Crippen LogP contribution is 2.30. The minimum absolute atomic E-state index is 0.0290. The van der Waals surface area contributed by atoms with Crippen LogP contribution < -0.4 is 9.64 Å². The van der Waals surface area contributed by atoms with Crippen LogP contribution >= 0.6 is 0 Å². The topological polar surface area (TPSA) is 83.9 Å². The Labute approximate surface area is 154 Å². The smallest absolute Gasteiger partial charge is 0.343 e. The van der Waals surface area contributed by atoms with E-state index < -0.39 is 17.8 Å². The van der Waals surface area contributed by atoms with Gasteiger partial charge in [-0.25, -0.2) is 9.69 Å². The number of esters is 1. The number of aromatic hydroxyl groups is 1. The molecule has 6 heteroatoms. The second kappa shape index (κ2) is 6.42.